The van der Waals surface area contributed by atoms with Crippen LogP contribution in [0.5, 0.6) is 5.88 Å². The monoisotopic (exact) mass is 372 g/mol. The van der Waals surface area contributed by atoms with E-state index in [0.717, 1.165) is 16.6 Å². The van der Waals surface area contributed by atoms with Crippen LogP contribution < -0.4 is 4.74 Å². The molecule has 8 nitrogen and oxygen atoms in total. The molecule has 0 saturated carbocycles. The second-order valence-corrected chi connectivity index (χ2v) is 6.60. The highest BCUT2D eigenvalue weighted by Crippen LogP contribution is 2.22. The van der Waals surface area contributed by atoms with Gasteiger partial charge >= 0.3 is 0 Å². The van der Waals surface area contributed by atoms with Gasteiger partial charge in [-0.05, 0) is 40.8 Å². The van der Waals surface area contributed by atoms with Gasteiger partial charge in [0.05, 0.1) is 24.3 Å². The first kappa shape index (κ1) is 16.4. The highest BCUT2D eigenvalue weighted by Gasteiger charge is 2.33. The van der Waals surface area contributed by atoms with E-state index in [0.29, 0.717) is 24.5 Å². The summed E-state index contributed by atoms with van der Waals surface area (Å²) in [5.41, 5.74) is 2.23. The predicted molar refractivity (Wildman–Crippen MR) is 101 cm³/mol. The third kappa shape index (κ3) is 3.05. The quantitative estimate of drug-likeness (QED) is 0.545. The summed E-state index contributed by atoms with van der Waals surface area (Å²) in [6.45, 7) is 1.06. The average Bonchev–Trinajstić information content (AvgIpc) is 3.25. The van der Waals surface area contributed by atoms with Crippen molar-refractivity contribution < 1.29 is 9.53 Å². The molecule has 0 bridgehead atoms. The second kappa shape index (κ2) is 6.73. The minimum absolute atomic E-state index is 0.0405. The fraction of sp³-hybridized carbons (Fsp3) is 0.150. The van der Waals surface area contributed by atoms with Gasteiger partial charge in [0.15, 0.2) is 0 Å². The molecular formula is C20H16N6O2. The third-order valence-corrected chi connectivity index (χ3v) is 4.70. The van der Waals surface area contributed by atoms with Gasteiger partial charge in [0, 0.05) is 17.0 Å². The molecule has 0 aliphatic carbocycles. The number of amides is 1. The zero-order chi connectivity index (χ0) is 18.9. The van der Waals surface area contributed by atoms with E-state index in [1.807, 2.05) is 48.5 Å². The van der Waals surface area contributed by atoms with Crippen LogP contribution in [0.15, 0.2) is 67.0 Å². The van der Waals surface area contributed by atoms with Gasteiger partial charge in [-0.2, -0.15) is 0 Å². The molecule has 0 spiro atoms. The number of carbonyl (C=O) groups excluding carboxylic acids is 1. The van der Waals surface area contributed by atoms with E-state index in [1.54, 1.807) is 17.0 Å². The highest BCUT2D eigenvalue weighted by atomic mass is 16.5. The minimum atomic E-state index is -0.0553. The molecule has 1 fully saturated rings. The number of tetrazole rings is 1. The van der Waals surface area contributed by atoms with Crippen molar-refractivity contribution in [3.05, 3.63) is 72.6 Å². The van der Waals surface area contributed by atoms with Gasteiger partial charge in [-0.1, -0.05) is 24.3 Å². The van der Waals surface area contributed by atoms with Crippen LogP contribution in [-0.2, 0) is 0 Å². The Morgan fingerprint density at radius 3 is 2.79 bits per heavy atom. The Morgan fingerprint density at radius 1 is 1.04 bits per heavy atom. The Labute approximate surface area is 160 Å². The molecule has 1 amide bonds. The van der Waals surface area contributed by atoms with Gasteiger partial charge in [0.25, 0.3) is 5.91 Å². The van der Waals surface area contributed by atoms with Crippen LogP contribution >= 0.6 is 0 Å². The van der Waals surface area contributed by atoms with Gasteiger partial charge in [0.2, 0.25) is 5.88 Å². The maximum atomic E-state index is 12.7. The molecule has 3 heterocycles. The largest absolute Gasteiger partial charge is 0.471 e. The molecule has 2 aromatic heterocycles. The zero-order valence-corrected chi connectivity index (χ0v) is 14.8. The molecule has 0 radical (unpaired) electrons. The summed E-state index contributed by atoms with van der Waals surface area (Å²) in [6, 6.07) is 19.0. The molecule has 1 saturated heterocycles. The summed E-state index contributed by atoms with van der Waals surface area (Å²) in [5.74, 6) is 0.540. The fourth-order valence-corrected chi connectivity index (χ4v) is 3.21. The van der Waals surface area contributed by atoms with Crippen molar-refractivity contribution >= 4 is 16.8 Å². The number of para-hydroxylation sites is 1. The van der Waals surface area contributed by atoms with E-state index in [4.69, 9.17) is 4.74 Å². The van der Waals surface area contributed by atoms with Crippen LogP contribution in [0.2, 0.25) is 0 Å². The van der Waals surface area contributed by atoms with Crippen LogP contribution in [0, 0.1) is 0 Å². The maximum absolute atomic E-state index is 12.7. The van der Waals surface area contributed by atoms with Crippen molar-refractivity contribution in [2.45, 2.75) is 6.10 Å². The molecule has 1 aliphatic heterocycles. The van der Waals surface area contributed by atoms with Crippen LogP contribution in [0.4, 0.5) is 0 Å². The summed E-state index contributed by atoms with van der Waals surface area (Å²) in [4.78, 5) is 19.0. The molecule has 138 valence electrons. The van der Waals surface area contributed by atoms with E-state index >= 15 is 0 Å². The van der Waals surface area contributed by atoms with Crippen molar-refractivity contribution in [2.24, 2.45) is 0 Å². The maximum Gasteiger partial charge on any atom is 0.254 e. The van der Waals surface area contributed by atoms with E-state index in [-0.39, 0.29) is 12.0 Å². The number of nitrogens with zero attached hydrogens (tertiary/aromatic N) is 6. The van der Waals surface area contributed by atoms with Crippen LogP contribution in [-0.4, -0.2) is 55.2 Å². The van der Waals surface area contributed by atoms with Gasteiger partial charge < -0.3 is 9.64 Å². The van der Waals surface area contributed by atoms with Crippen LogP contribution in [0.1, 0.15) is 10.4 Å². The summed E-state index contributed by atoms with van der Waals surface area (Å²) in [6.07, 6.45) is 1.44. The number of fused-ring (bicyclic) bond motifs is 1. The van der Waals surface area contributed by atoms with E-state index in [1.165, 1.54) is 11.0 Å². The van der Waals surface area contributed by atoms with Gasteiger partial charge in [-0.25, -0.2) is 9.67 Å². The summed E-state index contributed by atoms with van der Waals surface area (Å²) < 4.78 is 7.44. The molecular weight excluding hydrogens is 356 g/mol. The van der Waals surface area contributed by atoms with Gasteiger partial charge in [-0.3, -0.25) is 4.79 Å². The highest BCUT2D eigenvalue weighted by molar-refractivity contribution is 5.95. The van der Waals surface area contributed by atoms with Crippen LogP contribution in [0.25, 0.3) is 16.6 Å². The van der Waals surface area contributed by atoms with Crippen molar-refractivity contribution in [1.29, 1.82) is 0 Å². The van der Waals surface area contributed by atoms with E-state index in [2.05, 4.69) is 20.5 Å². The fourth-order valence-electron chi connectivity index (χ4n) is 3.21. The Kier molecular flexibility index (Phi) is 3.93. The summed E-state index contributed by atoms with van der Waals surface area (Å²) in [5, 5.41) is 12.2. The molecule has 4 aromatic rings. The number of likely N-dealkylation sites (tertiary alicyclic amines) is 1. The lowest BCUT2D eigenvalue weighted by molar-refractivity contribution is 0.0161. The molecule has 0 N–H and O–H groups in total. The number of benzene rings is 2. The molecule has 1 aliphatic rings. The minimum Gasteiger partial charge on any atom is -0.471 e. The molecule has 2 aromatic carbocycles. The number of pyridine rings is 1. The first-order valence-electron chi connectivity index (χ1n) is 8.91. The number of ether oxygens (including phenoxy) is 1. The third-order valence-electron chi connectivity index (χ3n) is 4.70. The Hall–Kier alpha value is -3.81. The Morgan fingerprint density at radius 2 is 1.93 bits per heavy atom. The standard InChI is InChI=1S/C20H16N6O2/c27-20(15-5-3-6-16(10-15)26-13-21-23-24-26)25-11-17(12-25)28-19-9-8-14-4-1-2-7-18(14)22-19/h1-10,13,17H,11-12H2. The lowest BCUT2D eigenvalue weighted by Crippen LogP contribution is -2.56. The number of hydrogen-bond acceptors (Lipinski definition) is 6. The smallest absolute Gasteiger partial charge is 0.254 e. The molecule has 28 heavy (non-hydrogen) atoms. The number of carbonyl (C=O) groups is 1. The topological polar surface area (TPSA) is 86.0 Å². The summed E-state index contributed by atoms with van der Waals surface area (Å²) >= 11 is 0. The number of aromatic nitrogens is 5. The molecule has 0 atom stereocenters. The predicted octanol–water partition coefficient (Wildman–Crippen LogP) is 2.11. The number of hydrogen-bond donors (Lipinski definition) is 0. The van der Waals surface area contributed by atoms with E-state index in [9.17, 15) is 4.79 Å². The first-order valence-corrected chi connectivity index (χ1v) is 8.91. The zero-order valence-electron chi connectivity index (χ0n) is 14.8. The Balaban J connectivity index is 1.24. The normalized spacial score (nSPS) is 14.1. The van der Waals surface area contributed by atoms with Crippen LogP contribution in [0.3, 0.4) is 0 Å². The molecule has 0 unspecified atom stereocenters. The number of rotatable bonds is 4. The van der Waals surface area contributed by atoms with E-state index < -0.39 is 0 Å². The lowest BCUT2D eigenvalue weighted by atomic mass is 10.1. The molecule has 5 rings (SSSR count). The summed E-state index contributed by atoms with van der Waals surface area (Å²) in [7, 11) is 0. The lowest BCUT2D eigenvalue weighted by Gasteiger charge is -2.38. The van der Waals surface area contributed by atoms with Crippen molar-refractivity contribution in [3.8, 4) is 11.6 Å². The van der Waals surface area contributed by atoms with Gasteiger partial charge in [0.1, 0.15) is 12.4 Å². The van der Waals surface area contributed by atoms with Crippen molar-refractivity contribution in [2.75, 3.05) is 13.1 Å². The first-order chi connectivity index (χ1) is 13.8. The molecule has 8 heteroatoms. The second-order valence-electron chi connectivity index (χ2n) is 6.60. The van der Waals surface area contributed by atoms with Crippen molar-refractivity contribution in [3.63, 3.8) is 0 Å². The average molecular weight is 372 g/mol. The SMILES string of the molecule is O=C(c1cccc(-n2cnnn2)c1)N1CC(Oc2ccc3ccccc3n2)C1. The van der Waals surface area contributed by atoms with Crippen molar-refractivity contribution in [1.82, 2.24) is 30.1 Å². The van der Waals surface area contributed by atoms with Gasteiger partial charge in [-0.15, -0.1) is 5.10 Å². The Bertz CT molecular complexity index is 1140.